The van der Waals surface area contributed by atoms with Gasteiger partial charge in [-0.3, -0.25) is 0 Å². The first kappa shape index (κ1) is 15.8. The highest BCUT2D eigenvalue weighted by Gasteiger charge is 2.50. The van der Waals surface area contributed by atoms with Gasteiger partial charge in [0.1, 0.15) is 19.0 Å². The van der Waals surface area contributed by atoms with Crippen LogP contribution in [-0.4, -0.2) is 26.9 Å². The third-order valence-electron chi connectivity index (χ3n) is 5.94. The summed E-state index contributed by atoms with van der Waals surface area (Å²) < 4.78 is 23.2. The normalized spacial score (nSPS) is 28.7. The molecule has 0 amide bonds. The molecular weight excluding hydrogens is 330 g/mol. The van der Waals surface area contributed by atoms with E-state index in [-0.39, 0.29) is 11.6 Å². The van der Waals surface area contributed by atoms with E-state index >= 15 is 0 Å². The van der Waals surface area contributed by atoms with Crippen molar-refractivity contribution < 1.29 is 18.9 Å². The van der Waals surface area contributed by atoms with E-state index in [1.165, 1.54) is 5.56 Å². The monoisotopic (exact) mass is 353 g/mol. The van der Waals surface area contributed by atoms with Gasteiger partial charge in [0, 0.05) is 29.8 Å². The standard InChI is InChI=1S/C21H23NO4/c1-21-15(7-8-26-21)20(13-3-5-14(23-2)6-4-13)22-17-12-19-18(11-16(17)21)24-9-10-25-19/h3-6,11-12,15,20,22H,7-10H2,1-2H3/t15-,20+,21-/m0/s1. The predicted molar refractivity (Wildman–Crippen MR) is 98.2 cm³/mol. The number of nitrogens with one attached hydrogen (secondary N) is 1. The van der Waals surface area contributed by atoms with Crippen molar-refractivity contribution in [2.24, 2.45) is 5.92 Å². The molecule has 5 heteroatoms. The molecule has 0 aromatic heterocycles. The molecule has 5 nitrogen and oxygen atoms in total. The molecule has 2 aromatic rings. The summed E-state index contributed by atoms with van der Waals surface area (Å²) in [5.41, 5.74) is 3.14. The summed E-state index contributed by atoms with van der Waals surface area (Å²) in [4.78, 5) is 0. The van der Waals surface area contributed by atoms with E-state index in [0.29, 0.717) is 19.1 Å². The van der Waals surface area contributed by atoms with E-state index in [4.69, 9.17) is 18.9 Å². The smallest absolute Gasteiger partial charge is 0.163 e. The molecule has 0 radical (unpaired) electrons. The number of methoxy groups -OCH3 is 1. The van der Waals surface area contributed by atoms with Gasteiger partial charge in [-0.2, -0.15) is 0 Å². The minimum atomic E-state index is -0.332. The maximum absolute atomic E-state index is 6.30. The highest BCUT2D eigenvalue weighted by atomic mass is 16.6. The molecule has 0 bridgehead atoms. The van der Waals surface area contributed by atoms with Crippen LogP contribution < -0.4 is 19.5 Å². The number of hydrogen-bond acceptors (Lipinski definition) is 5. The van der Waals surface area contributed by atoms with Gasteiger partial charge in [-0.1, -0.05) is 12.1 Å². The van der Waals surface area contributed by atoms with Crippen molar-refractivity contribution >= 4 is 5.69 Å². The number of fused-ring (bicyclic) bond motifs is 4. The second-order valence-electron chi connectivity index (χ2n) is 7.29. The van der Waals surface area contributed by atoms with Crippen LogP contribution in [0.25, 0.3) is 0 Å². The molecule has 0 spiro atoms. The lowest BCUT2D eigenvalue weighted by molar-refractivity contribution is -0.0182. The fraction of sp³-hybridized carbons (Fsp3) is 0.429. The Kier molecular flexibility index (Phi) is 3.54. The van der Waals surface area contributed by atoms with Crippen LogP contribution in [0, 0.1) is 5.92 Å². The summed E-state index contributed by atoms with van der Waals surface area (Å²) in [6.45, 7) is 4.15. The molecule has 136 valence electrons. The van der Waals surface area contributed by atoms with E-state index < -0.39 is 0 Å². The molecule has 3 heterocycles. The van der Waals surface area contributed by atoms with Crippen LogP contribution in [0.4, 0.5) is 5.69 Å². The summed E-state index contributed by atoms with van der Waals surface area (Å²) in [6.07, 6.45) is 1.02. The predicted octanol–water partition coefficient (Wildman–Crippen LogP) is 3.88. The average Bonchev–Trinajstić information content (AvgIpc) is 3.09. The van der Waals surface area contributed by atoms with E-state index in [1.807, 2.05) is 12.1 Å². The van der Waals surface area contributed by atoms with Crippen LogP contribution >= 0.6 is 0 Å². The lowest BCUT2D eigenvalue weighted by atomic mass is 9.72. The number of anilines is 1. The van der Waals surface area contributed by atoms with Gasteiger partial charge in [0.05, 0.1) is 18.8 Å². The van der Waals surface area contributed by atoms with Crippen LogP contribution in [0.5, 0.6) is 17.2 Å². The quantitative estimate of drug-likeness (QED) is 0.888. The molecule has 1 saturated heterocycles. The van der Waals surface area contributed by atoms with Crippen molar-refractivity contribution in [1.29, 1.82) is 0 Å². The highest BCUT2D eigenvalue weighted by molar-refractivity contribution is 5.66. The Balaban J connectivity index is 1.60. The Bertz CT molecular complexity index is 835. The van der Waals surface area contributed by atoms with Gasteiger partial charge in [-0.25, -0.2) is 0 Å². The Morgan fingerprint density at radius 1 is 1.04 bits per heavy atom. The summed E-state index contributed by atoms with van der Waals surface area (Å²) in [5, 5.41) is 3.74. The van der Waals surface area contributed by atoms with Crippen molar-refractivity contribution in [3.8, 4) is 17.2 Å². The van der Waals surface area contributed by atoms with Gasteiger partial charge in [-0.05, 0) is 37.1 Å². The summed E-state index contributed by atoms with van der Waals surface area (Å²) >= 11 is 0. The maximum atomic E-state index is 6.30. The molecule has 0 aliphatic carbocycles. The van der Waals surface area contributed by atoms with Gasteiger partial charge >= 0.3 is 0 Å². The van der Waals surface area contributed by atoms with Crippen molar-refractivity contribution in [3.63, 3.8) is 0 Å². The third-order valence-corrected chi connectivity index (χ3v) is 5.94. The number of ether oxygens (including phenoxy) is 4. The van der Waals surface area contributed by atoms with Crippen molar-refractivity contribution in [3.05, 3.63) is 47.5 Å². The van der Waals surface area contributed by atoms with Gasteiger partial charge in [0.2, 0.25) is 0 Å². The topological polar surface area (TPSA) is 49.0 Å². The van der Waals surface area contributed by atoms with Gasteiger partial charge in [-0.15, -0.1) is 0 Å². The third kappa shape index (κ3) is 2.27. The van der Waals surface area contributed by atoms with Crippen LogP contribution in [-0.2, 0) is 10.3 Å². The molecule has 1 fully saturated rings. The van der Waals surface area contributed by atoms with Gasteiger partial charge in [0.15, 0.2) is 11.5 Å². The van der Waals surface area contributed by atoms with Crippen LogP contribution in [0.2, 0.25) is 0 Å². The van der Waals surface area contributed by atoms with E-state index in [2.05, 4.69) is 36.5 Å². The molecule has 0 saturated carbocycles. The molecule has 1 N–H and O–H groups in total. The minimum absolute atomic E-state index is 0.184. The Morgan fingerprint density at radius 2 is 1.77 bits per heavy atom. The number of benzene rings is 2. The molecule has 2 aromatic carbocycles. The zero-order chi connectivity index (χ0) is 17.7. The molecule has 3 aliphatic heterocycles. The number of rotatable bonds is 2. The fourth-order valence-electron chi connectivity index (χ4n) is 4.56. The van der Waals surface area contributed by atoms with E-state index in [0.717, 1.165) is 41.5 Å². The zero-order valence-electron chi connectivity index (χ0n) is 15.1. The Morgan fingerprint density at radius 3 is 2.50 bits per heavy atom. The SMILES string of the molecule is COc1ccc([C@H]2Nc3cc4c(cc3[C@@]3(C)OCC[C@@H]23)OCCO4)cc1. The molecule has 26 heavy (non-hydrogen) atoms. The second-order valence-corrected chi connectivity index (χ2v) is 7.29. The molecule has 5 rings (SSSR count). The van der Waals surface area contributed by atoms with Crippen molar-refractivity contribution in [2.45, 2.75) is 25.0 Å². The van der Waals surface area contributed by atoms with Gasteiger partial charge < -0.3 is 24.3 Å². The van der Waals surface area contributed by atoms with Crippen LogP contribution in [0.3, 0.4) is 0 Å². The first-order chi connectivity index (χ1) is 12.7. The minimum Gasteiger partial charge on any atom is -0.497 e. The molecule has 3 atom stereocenters. The largest absolute Gasteiger partial charge is 0.497 e. The lowest BCUT2D eigenvalue weighted by Crippen LogP contribution is -2.40. The van der Waals surface area contributed by atoms with E-state index in [9.17, 15) is 0 Å². The summed E-state index contributed by atoms with van der Waals surface area (Å²) in [7, 11) is 1.69. The highest BCUT2D eigenvalue weighted by Crippen LogP contribution is 2.55. The van der Waals surface area contributed by atoms with Crippen LogP contribution in [0.15, 0.2) is 36.4 Å². The van der Waals surface area contributed by atoms with Crippen molar-refractivity contribution in [2.75, 3.05) is 32.2 Å². The first-order valence-electron chi connectivity index (χ1n) is 9.17. The Hall–Kier alpha value is -2.40. The zero-order valence-corrected chi connectivity index (χ0v) is 15.1. The summed E-state index contributed by atoms with van der Waals surface area (Å²) in [5.74, 6) is 2.84. The molecule has 0 unspecified atom stereocenters. The first-order valence-corrected chi connectivity index (χ1v) is 9.17. The van der Waals surface area contributed by atoms with Crippen molar-refractivity contribution in [1.82, 2.24) is 0 Å². The van der Waals surface area contributed by atoms with E-state index in [1.54, 1.807) is 7.11 Å². The maximum Gasteiger partial charge on any atom is 0.163 e. The summed E-state index contributed by atoms with van der Waals surface area (Å²) in [6, 6.07) is 12.6. The van der Waals surface area contributed by atoms with Crippen LogP contribution in [0.1, 0.15) is 30.5 Å². The number of hydrogen-bond donors (Lipinski definition) is 1. The second kappa shape index (κ2) is 5.81. The average molecular weight is 353 g/mol. The lowest BCUT2D eigenvalue weighted by Gasteiger charge is -2.43. The molecule has 3 aliphatic rings. The fourth-order valence-corrected chi connectivity index (χ4v) is 4.56. The molecular formula is C21H23NO4. The van der Waals surface area contributed by atoms with Gasteiger partial charge in [0.25, 0.3) is 0 Å². The Labute approximate surface area is 153 Å².